The Balaban J connectivity index is 1.99. The number of nitrogens with two attached hydrogens (primary N) is 1. The van der Waals surface area contributed by atoms with Crippen LogP contribution in [0.15, 0.2) is 0 Å². The third kappa shape index (κ3) is 7.69. The van der Waals surface area contributed by atoms with E-state index in [1.54, 1.807) is 0 Å². The summed E-state index contributed by atoms with van der Waals surface area (Å²) in [6.45, 7) is 2.27. The van der Waals surface area contributed by atoms with Gasteiger partial charge in [0.15, 0.2) is 14.9 Å². The van der Waals surface area contributed by atoms with E-state index >= 15 is 0 Å². The van der Waals surface area contributed by atoms with Gasteiger partial charge in [0.1, 0.15) is 0 Å². The lowest BCUT2D eigenvalue weighted by Crippen LogP contribution is -2.38. The Morgan fingerprint density at radius 2 is 1.95 bits per heavy atom. The van der Waals surface area contributed by atoms with Crippen molar-refractivity contribution in [2.45, 2.75) is 32.1 Å². The minimum Gasteiger partial charge on any atom is -0.363 e. The number of sulfone groups is 1. The molecule has 112 valence electrons. The summed E-state index contributed by atoms with van der Waals surface area (Å²) in [5.41, 5.74) is 5.42. The van der Waals surface area contributed by atoms with Crippen molar-refractivity contribution in [2.24, 2.45) is 11.7 Å². The van der Waals surface area contributed by atoms with Crippen molar-refractivity contribution in [3.63, 3.8) is 0 Å². The first-order valence-electron chi connectivity index (χ1n) is 6.95. The summed E-state index contributed by atoms with van der Waals surface area (Å²) < 4.78 is 22.6. The van der Waals surface area contributed by atoms with Crippen LogP contribution in [0, 0.1) is 5.92 Å². The lowest BCUT2D eigenvalue weighted by molar-refractivity contribution is 0.568. The SMILES string of the molecule is NCCCCCCNC(=S)NCC1CCS(=O)(=O)C1. The summed E-state index contributed by atoms with van der Waals surface area (Å²) >= 11 is 5.15. The van der Waals surface area contributed by atoms with Crippen molar-refractivity contribution >= 4 is 27.2 Å². The molecule has 19 heavy (non-hydrogen) atoms. The van der Waals surface area contributed by atoms with E-state index in [1.165, 1.54) is 0 Å². The summed E-state index contributed by atoms with van der Waals surface area (Å²) in [5.74, 6) is 0.817. The van der Waals surface area contributed by atoms with Crippen molar-refractivity contribution in [1.82, 2.24) is 10.6 Å². The molecule has 0 aromatic heterocycles. The minimum absolute atomic E-state index is 0.203. The maximum atomic E-state index is 11.3. The summed E-state index contributed by atoms with van der Waals surface area (Å²) in [6.07, 6.45) is 5.24. The molecular formula is C12H25N3O2S2. The van der Waals surface area contributed by atoms with E-state index in [4.69, 9.17) is 18.0 Å². The zero-order chi connectivity index (χ0) is 14.1. The van der Waals surface area contributed by atoms with Crippen LogP contribution >= 0.6 is 12.2 Å². The molecule has 0 saturated carbocycles. The highest BCUT2D eigenvalue weighted by atomic mass is 32.2. The van der Waals surface area contributed by atoms with Gasteiger partial charge in [-0.25, -0.2) is 8.42 Å². The van der Waals surface area contributed by atoms with Gasteiger partial charge >= 0.3 is 0 Å². The highest BCUT2D eigenvalue weighted by Crippen LogP contribution is 2.17. The monoisotopic (exact) mass is 307 g/mol. The Morgan fingerprint density at radius 3 is 2.58 bits per heavy atom. The van der Waals surface area contributed by atoms with Gasteiger partial charge in [0, 0.05) is 13.1 Å². The molecule has 0 radical (unpaired) electrons. The van der Waals surface area contributed by atoms with Gasteiger partial charge in [-0.05, 0) is 43.9 Å². The number of hydrogen-bond acceptors (Lipinski definition) is 4. The molecule has 1 unspecified atom stereocenters. The lowest BCUT2D eigenvalue weighted by Gasteiger charge is -2.13. The van der Waals surface area contributed by atoms with Crippen LogP contribution in [0.5, 0.6) is 0 Å². The van der Waals surface area contributed by atoms with Crippen LogP contribution < -0.4 is 16.4 Å². The number of unbranched alkanes of at least 4 members (excludes halogenated alkanes) is 3. The number of thiocarbonyl (C=S) groups is 1. The standard InChI is InChI=1S/C12H25N3O2S2/c13-6-3-1-2-4-7-14-12(18)15-9-11-5-8-19(16,17)10-11/h11H,1-10,13H2,(H2,14,15,18). The number of rotatable bonds is 8. The van der Waals surface area contributed by atoms with E-state index in [-0.39, 0.29) is 5.92 Å². The molecule has 0 aromatic carbocycles. The summed E-state index contributed by atoms with van der Waals surface area (Å²) in [7, 11) is -2.79. The van der Waals surface area contributed by atoms with Crippen LogP contribution in [0.2, 0.25) is 0 Å². The molecule has 1 fully saturated rings. The Hall–Kier alpha value is -0.400. The second-order valence-electron chi connectivity index (χ2n) is 5.11. The summed E-state index contributed by atoms with van der Waals surface area (Å²) in [6, 6.07) is 0. The van der Waals surface area contributed by atoms with E-state index in [2.05, 4.69) is 10.6 Å². The van der Waals surface area contributed by atoms with E-state index in [9.17, 15) is 8.42 Å². The fourth-order valence-electron chi connectivity index (χ4n) is 2.16. The molecule has 7 heteroatoms. The normalized spacial score (nSPS) is 21.2. The summed E-state index contributed by atoms with van der Waals surface area (Å²) in [5, 5.41) is 6.87. The first-order chi connectivity index (χ1) is 9.03. The largest absolute Gasteiger partial charge is 0.363 e. The molecule has 4 N–H and O–H groups in total. The third-order valence-electron chi connectivity index (χ3n) is 3.29. The maximum absolute atomic E-state index is 11.3. The predicted octanol–water partition coefficient (Wildman–Crippen LogP) is 0.404. The van der Waals surface area contributed by atoms with Crippen LogP contribution in [0.3, 0.4) is 0 Å². The average Bonchev–Trinajstić information content (AvgIpc) is 2.71. The Morgan fingerprint density at radius 1 is 1.21 bits per heavy atom. The molecule has 5 nitrogen and oxygen atoms in total. The second kappa shape index (κ2) is 8.71. The van der Waals surface area contributed by atoms with Gasteiger partial charge in [-0.15, -0.1) is 0 Å². The van der Waals surface area contributed by atoms with E-state index in [0.29, 0.717) is 23.2 Å². The van der Waals surface area contributed by atoms with Crippen molar-refractivity contribution in [3.8, 4) is 0 Å². The van der Waals surface area contributed by atoms with Crippen LogP contribution in [-0.2, 0) is 9.84 Å². The van der Waals surface area contributed by atoms with Gasteiger partial charge in [-0.1, -0.05) is 12.8 Å². The van der Waals surface area contributed by atoms with Gasteiger partial charge in [-0.2, -0.15) is 0 Å². The minimum atomic E-state index is -2.79. The van der Waals surface area contributed by atoms with Crippen LogP contribution in [-0.4, -0.2) is 44.7 Å². The van der Waals surface area contributed by atoms with Gasteiger partial charge in [0.2, 0.25) is 0 Å². The zero-order valence-corrected chi connectivity index (χ0v) is 13.0. The fourth-order valence-corrected chi connectivity index (χ4v) is 4.20. The Labute approximate surface area is 121 Å². The fraction of sp³-hybridized carbons (Fsp3) is 0.917. The van der Waals surface area contributed by atoms with Crippen molar-refractivity contribution in [1.29, 1.82) is 0 Å². The second-order valence-corrected chi connectivity index (χ2v) is 7.75. The molecule has 0 aromatic rings. The van der Waals surface area contributed by atoms with Gasteiger partial charge in [0.05, 0.1) is 11.5 Å². The quantitative estimate of drug-likeness (QED) is 0.445. The average molecular weight is 307 g/mol. The van der Waals surface area contributed by atoms with Crippen LogP contribution in [0.25, 0.3) is 0 Å². The third-order valence-corrected chi connectivity index (χ3v) is 5.42. The van der Waals surface area contributed by atoms with E-state index in [1.807, 2.05) is 0 Å². The molecule has 1 rings (SSSR count). The lowest BCUT2D eigenvalue weighted by atomic mass is 10.1. The molecule has 1 heterocycles. The molecule has 0 amide bonds. The highest BCUT2D eigenvalue weighted by Gasteiger charge is 2.27. The Bertz CT molecular complexity index is 371. The molecule has 1 atom stereocenters. The Kier molecular flexibility index (Phi) is 7.63. The molecular weight excluding hydrogens is 282 g/mol. The van der Waals surface area contributed by atoms with Crippen molar-refractivity contribution in [3.05, 3.63) is 0 Å². The summed E-state index contributed by atoms with van der Waals surface area (Å²) in [4.78, 5) is 0. The molecule has 0 aliphatic carbocycles. The van der Waals surface area contributed by atoms with E-state index in [0.717, 1.165) is 45.2 Å². The first-order valence-corrected chi connectivity index (χ1v) is 9.18. The van der Waals surface area contributed by atoms with Gasteiger partial charge in [-0.3, -0.25) is 0 Å². The van der Waals surface area contributed by atoms with Crippen molar-refractivity contribution in [2.75, 3.05) is 31.1 Å². The van der Waals surface area contributed by atoms with Crippen LogP contribution in [0.4, 0.5) is 0 Å². The first kappa shape index (κ1) is 16.7. The molecule has 1 aliphatic rings. The molecule has 1 saturated heterocycles. The molecule has 0 bridgehead atoms. The number of hydrogen-bond donors (Lipinski definition) is 3. The molecule has 0 spiro atoms. The van der Waals surface area contributed by atoms with Gasteiger partial charge in [0.25, 0.3) is 0 Å². The smallest absolute Gasteiger partial charge is 0.166 e. The maximum Gasteiger partial charge on any atom is 0.166 e. The topological polar surface area (TPSA) is 84.2 Å². The highest BCUT2D eigenvalue weighted by molar-refractivity contribution is 7.91. The van der Waals surface area contributed by atoms with Crippen molar-refractivity contribution < 1.29 is 8.42 Å². The molecule has 1 aliphatic heterocycles. The zero-order valence-electron chi connectivity index (χ0n) is 11.4. The number of nitrogens with one attached hydrogen (secondary N) is 2. The van der Waals surface area contributed by atoms with Gasteiger partial charge < -0.3 is 16.4 Å². The van der Waals surface area contributed by atoms with Crippen LogP contribution in [0.1, 0.15) is 32.1 Å². The predicted molar refractivity (Wildman–Crippen MR) is 82.9 cm³/mol. The van der Waals surface area contributed by atoms with E-state index < -0.39 is 9.84 Å².